The molecule has 2 aromatic carbocycles. The van der Waals surface area contributed by atoms with E-state index in [1.165, 1.54) is 0 Å². The Balaban J connectivity index is 0.00000245. The summed E-state index contributed by atoms with van der Waals surface area (Å²) < 4.78 is 0. The normalized spacial score (nSPS) is 16.6. The molecule has 1 saturated heterocycles. The van der Waals surface area contributed by atoms with Crippen LogP contribution in [0.15, 0.2) is 66.7 Å². The molecule has 0 aliphatic carbocycles. The van der Waals surface area contributed by atoms with Gasteiger partial charge >= 0.3 is 0 Å². The van der Waals surface area contributed by atoms with E-state index < -0.39 is 0 Å². The lowest BCUT2D eigenvalue weighted by atomic mass is 9.96. The zero-order chi connectivity index (χ0) is 21.2. The first kappa shape index (κ1) is 22.3. The van der Waals surface area contributed by atoms with Gasteiger partial charge in [0.05, 0.1) is 12.2 Å². The second-order valence-corrected chi connectivity index (χ2v) is 8.64. The van der Waals surface area contributed by atoms with Crippen LogP contribution in [0.1, 0.15) is 39.3 Å². The number of rotatable bonds is 6. The minimum Gasteiger partial charge on any atom is -0.352 e. The number of piperidine rings is 1. The van der Waals surface area contributed by atoms with Crippen molar-refractivity contribution in [2.24, 2.45) is 5.92 Å². The third-order valence-corrected chi connectivity index (χ3v) is 6.52. The Hall–Kier alpha value is -2.89. The fraction of sp³-hybridized carbons (Fsp3) is 0.308. The number of H-pyrrole nitrogens is 1. The molecule has 0 unspecified atom stereocenters. The van der Waals surface area contributed by atoms with Crippen molar-refractivity contribution in [3.05, 3.63) is 83.6 Å². The van der Waals surface area contributed by atoms with Crippen molar-refractivity contribution in [3.8, 4) is 11.3 Å². The van der Waals surface area contributed by atoms with Gasteiger partial charge in [-0.05, 0) is 61.2 Å². The van der Waals surface area contributed by atoms with Gasteiger partial charge in [0, 0.05) is 24.3 Å². The lowest BCUT2D eigenvalue weighted by Gasteiger charge is -2.33. The van der Waals surface area contributed by atoms with Crippen molar-refractivity contribution in [3.63, 3.8) is 0 Å². The van der Waals surface area contributed by atoms with E-state index in [-0.39, 0.29) is 24.1 Å². The van der Waals surface area contributed by atoms with Crippen LogP contribution in [0.5, 0.6) is 0 Å². The number of nitrogens with one attached hydrogen (secondary N) is 1. The number of aromatic nitrogens is 1. The Morgan fingerprint density at radius 2 is 1.66 bits per heavy atom. The number of hydrogen-bond donors (Lipinski definition) is 1. The third-order valence-electron chi connectivity index (χ3n) is 6.52. The summed E-state index contributed by atoms with van der Waals surface area (Å²) in [5, 5.41) is 0. The number of benzene rings is 2. The van der Waals surface area contributed by atoms with E-state index in [9.17, 15) is 9.59 Å². The monoisotopic (exact) mass is 449 g/mol. The van der Waals surface area contributed by atoms with Crippen molar-refractivity contribution in [1.82, 2.24) is 14.8 Å². The maximum atomic E-state index is 12.8. The number of ketones is 1. The first-order valence-electron chi connectivity index (χ1n) is 11.0. The first-order chi connectivity index (χ1) is 15.2. The SMILES string of the molecule is Cl.O=C(CN1CCC(CN2Cc3ccccc3C2=O)CC1)c1ccc(-c2ccccc2)[nH]1. The number of halogens is 1. The number of carbonyl (C=O) groups is 2. The molecule has 1 fully saturated rings. The number of hydrogen-bond acceptors (Lipinski definition) is 3. The molecule has 5 rings (SSSR count). The fourth-order valence-electron chi connectivity index (χ4n) is 4.73. The van der Waals surface area contributed by atoms with E-state index in [1.54, 1.807) is 0 Å². The smallest absolute Gasteiger partial charge is 0.254 e. The molecule has 2 aliphatic rings. The fourth-order valence-corrected chi connectivity index (χ4v) is 4.73. The van der Waals surface area contributed by atoms with Crippen LogP contribution in [-0.2, 0) is 6.54 Å². The molecule has 0 saturated carbocycles. The number of likely N-dealkylation sites (tertiary alicyclic amines) is 1. The summed E-state index contributed by atoms with van der Waals surface area (Å²) in [6.45, 7) is 3.78. The summed E-state index contributed by atoms with van der Waals surface area (Å²) in [4.78, 5) is 32.9. The summed E-state index contributed by atoms with van der Waals surface area (Å²) in [7, 11) is 0. The molecule has 0 atom stereocenters. The van der Waals surface area contributed by atoms with Gasteiger partial charge in [-0.25, -0.2) is 0 Å². The van der Waals surface area contributed by atoms with Gasteiger partial charge in [-0.15, -0.1) is 12.4 Å². The van der Waals surface area contributed by atoms with Crippen LogP contribution in [-0.4, -0.2) is 52.7 Å². The summed E-state index contributed by atoms with van der Waals surface area (Å²) >= 11 is 0. The van der Waals surface area contributed by atoms with E-state index >= 15 is 0 Å². The standard InChI is InChI=1S/C26H27N3O2.ClH/c30-25(24-11-10-23(27-24)20-6-2-1-3-7-20)18-28-14-12-19(13-15-28)16-29-17-21-8-4-5-9-22(21)26(29)31;/h1-11,19,27H,12-18H2;1H. The summed E-state index contributed by atoms with van der Waals surface area (Å²) in [6, 6.07) is 21.8. The molecule has 1 aromatic heterocycles. The summed E-state index contributed by atoms with van der Waals surface area (Å²) in [5.41, 5.74) is 4.71. The summed E-state index contributed by atoms with van der Waals surface area (Å²) in [5.74, 6) is 0.791. The van der Waals surface area contributed by atoms with E-state index in [1.807, 2.05) is 71.6 Å². The number of aromatic amines is 1. The Kier molecular flexibility index (Phi) is 6.77. The van der Waals surface area contributed by atoms with Crippen LogP contribution in [0, 0.1) is 5.92 Å². The van der Waals surface area contributed by atoms with Gasteiger partial charge in [0.25, 0.3) is 5.91 Å². The quantitative estimate of drug-likeness (QED) is 0.557. The molecule has 3 aromatic rings. The van der Waals surface area contributed by atoms with Crippen molar-refractivity contribution in [2.45, 2.75) is 19.4 Å². The molecule has 166 valence electrons. The van der Waals surface area contributed by atoms with Crippen LogP contribution in [0.3, 0.4) is 0 Å². The largest absolute Gasteiger partial charge is 0.352 e. The molecule has 1 N–H and O–H groups in total. The minimum absolute atomic E-state index is 0. The molecule has 6 heteroatoms. The topological polar surface area (TPSA) is 56.4 Å². The van der Waals surface area contributed by atoms with E-state index in [2.05, 4.69) is 9.88 Å². The van der Waals surface area contributed by atoms with Crippen molar-refractivity contribution >= 4 is 24.1 Å². The Morgan fingerprint density at radius 1 is 0.938 bits per heavy atom. The third kappa shape index (κ3) is 4.64. The first-order valence-corrected chi connectivity index (χ1v) is 11.0. The Bertz CT molecular complexity index is 1090. The Labute approximate surface area is 194 Å². The molecule has 0 radical (unpaired) electrons. The molecule has 5 nitrogen and oxygen atoms in total. The van der Waals surface area contributed by atoms with Crippen LogP contribution in [0.2, 0.25) is 0 Å². The van der Waals surface area contributed by atoms with Crippen molar-refractivity contribution < 1.29 is 9.59 Å². The molecule has 3 heterocycles. The maximum absolute atomic E-state index is 12.8. The van der Waals surface area contributed by atoms with Crippen LogP contribution in [0.25, 0.3) is 11.3 Å². The highest BCUT2D eigenvalue weighted by atomic mass is 35.5. The highest BCUT2D eigenvalue weighted by molar-refractivity contribution is 5.98. The molecular formula is C26H28ClN3O2. The number of nitrogens with zero attached hydrogens (tertiary/aromatic N) is 2. The number of fused-ring (bicyclic) bond motifs is 1. The van der Waals surface area contributed by atoms with Gasteiger partial charge in [-0.3, -0.25) is 14.5 Å². The minimum atomic E-state index is 0. The molecular weight excluding hydrogens is 422 g/mol. The lowest BCUT2D eigenvalue weighted by Crippen LogP contribution is -2.41. The van der Waals surface area contributed by atoms with Crippen LogP contribution >= 0.6 is 12.4 Å². The molecule has 32 heavy (non-hydrogen) atoms. The maximum Gasteiger partial charge on any atom is 0.254 e. The van der Waals surface area contributed by atoms with Gasteiger partial charge in [0.15, 0.2) is 5.78 Å². The van der Waals surface area contributed by atoms with Gasteiger partial charge in [0.2, 0.25) is 0 Å². The van der Waals surface area contributed by atoms with E-state index in [0.29, 0.717) is 18.2 Å². The van der Waals surface area contributed by atoms with Crippen LogP contribution < -0.4 is 0 Å². The predicted molar refractivity (Wildman–Crippen MR) is 128 cm³/mol. The Morgan fingerprint density at radius 3 is 2.41 bits per heavy atom. The van der Waals surface area contributed by atoms with Crippen molar-refractivity contribution in [1.29, 1.82) is 0 Å². The highest BCUT2D eigenvalue weighted by Crippen LogP contribution is 2.26. The molecule has 0 bridgehead atoms. The van der Waals surface area contributed by atoms with Gasteiger partial charge < -0.3 is 9.88 Å². The zero-order valence-corrected chi connectivity index (χ0v) is 18.8. The van der Waals surface area contributed by atoms with Gasteiger partial charge in [-0.1, -0.05) is 48.5 Å². The zero-order valence-electron chi connectivity index (χ0n) is 18.0. The number of Topliss-reactive ketones (excluding diaryl/α,β-unsaturated/α-hetero) is 1. The van der Waals surface area contributed by atoms with Gasteiger partial charge in [-0.2, -0.15) is 0 Å². The second-order valence-electron chi connectivity index (χ2n) is 8.64. The average molecular weight is 450 g/mol. The lowest BCUT2D eigenvalue weighted by molar-refractivity contribution is 0.0707. The average Bonchev–Trinajstić information content (AvgIpc) is 3.42. The van der Waals surface area contributed by atoms with Gasteiger partial charge in [0.1, 0.15) is 0 Å². The van der Waals surface area contributed by atoms with Crippen molar-refractivity contribution in [2.75, 3.05) is 26.2 Å². The molecule has 2 aliphatic heterocycles. The number of amides is 1. The van der Waals surface area contributed by atoms with Crippen LogP contribution in [0.4, 0.5) is 0 Å². The molecule has 1 amide bonds. The summed E-state index contributed by atoms with van der Waals surface area (Å²) in [6.07, 6.45) is 2.04. The molecule has 0 spiro atoms. The highest BCUT2D eigenvalue weighted by Gasteiger charge is 2.30. The second kappa shape index (κ2) is 9.72. The predicted octanol–water partition coefficient (Wildman–Crippen LogP) is 4.65. The number of carbonyl (C=O) groups excluding carboxylic acids is 2. The van der Waals surface area contributed by atoms with E-state index in [0.717, 1.165) is 61.4 Å². The van der Waals surface area contributed by atoms with E-state index in [4.69, 9.17) is 0 Å².